The number of urea groups is 1. The molecule has 13 heteroatoms. The van der Waals surface area contributed by atoms with Crippen LogP contribution in [0.3, 0.4) is 0 Å². The van der Waals surface area contributed by atoms with Gasteiger partial charge >= 0.3 is 12.1 Å². The zero-order valence-corrected chi connectivity index (χ0v) is 24.2. The summed E-state index contributed by atoms with van der Waals surface area (Å²) in [6.07, 6.45) is 7.24. The van der Waals surface area contributed by atoms with Gasteiger partial charge in [-0.15, -0.1) is 0 Å². The number of hydrogen-bond donors (Lipinski definition) is 3. The van der Waals surface area contributed by atoms with Gasteiger partial charge in [0.05, 0.1) is 11.8 Å². The molecular weight excluding hydrogens is 562 g/mol. The van der Waals surface area contributed by atoms with Crippen molar-refractivity contribution in [2.45, 2.75) is 87.4 Å². The highest BCUT2D eigenvalue weighted by molar-refractivity contribution is 7.91. The molecule has 1 saturated heterocycles. The van der Waals surface area contributed by atoms with Crippen molar-refractivity contribution in [2.24, 2.45) is 5.92 Å². The monoisotopic (exact) mass is 599 g/mol. The molecule has 0 spiro atoms. The van der Waals surface area contributed by atoms with E-state index < -0.39 is 56.9 Å². The van der Waals surface area contributed by atoms with Crippen LogP contribution >= 0.6 is 0 Å². The van der Waals surface area contributed by atoms with Crippen LogP contribution in [0.5, 0.6) is 0 Å². The van der Waals surface area contributed by atoms with Crippen LogP contribution < -0.4 is 15.4 Å². The fraction of sp³-hybridized carbons (Fsp3) is 0.586. The molecule has 6 rings (SSSR count). The van der Waals surface area contributed by atoms with Crippen LogP contribution in [0.2, 0.25) is 0 Å². The van der Waals surface area contributed by atoms with Crippen LogP contribution in [0.4, 0.5) is 9.59 Å². The summed E-state index contributed by atoms with van der Waals surface area (Å²) in [7, 11) is -3.82. The van der Waals surface area contributed by atoms with E-state index in [0.29, 0.717) is 32.5 Å². The average Bonchev–Trinajstić information content (AvgIpc) is 3.84. The molecule has 0 aromatic heterocycles. The lowest BCUT2D eigenvalue weighted by Crippen LogP contribution is -2.57. The normalized spacial score (nSPS) is 29.7. The van der Waals surface area contributed by atoms with E-state index in [1.54, 1.807) is 4.90 Å². The van der Waals surface area contributed by atoms with Gasteiger partial charge in [0.25, 0.3) is 5.91 Å². The fourth-order valence-electron chi connectivity index (χ4n) is 6.12. The van der Waals surface area contributed by atoms with Crippen molar-refractivity contribution < 1.29 is 32.3 Å². The highest BCUT2D eigenvalue weighted by atomic mass is 32.2. The number of carbonyl (C=O) groups is 4. The molecule has 5 aliphatic rings. The molecule has 2 saturated carbocycles. The standard InChI is InChI=1S/C29H37N5O7S/c35-25-24-14-22(41-28(38)33-16-19-8-5-6-9-20(19)17-33)18-34(24)27(37)30-13-7-3-1-2-4-10-21-15-29(21,31-25)26(36)32-42(39,40)23-11-12-23/h4-6,8-10,21-24H,1-3,7,11-18H2,(H,30,37)(H,31,35)(H,32,36). The van der Waals surface area contributed by atoms with Crippen molar-refractivity contribution in [3.63, 3.8) is 0 Å². The minimum atomic E-state index is -3.82. The number of sulfonamides is 1. The first kappa shape index (κ1) is 28.5. The summed E-state index contributed by atoms with van der Waals surface area (Å²) < 4.78 is 33.1. The van der Waals surface area contributed by atoms with Crippen LogP contribution in [-0.2, 0) is 37.4 Å². The van der Waals surface area contributed by atoms with Crippen LogP contribution in [-0.4, -0.2) is 78.2 Å². The molecule has 3 fully saturated rings. The molecule has 3 aliphatic heterocycles. The molecule has 4 unspecified atom stereocenters. The summed E-state index contributed by atoms with van der Waals surface area (Å²) in [6, 6.07) is 6.32. The Bertz CT molecular complexity index is 1390. The molecule has 12 nitrogen and oxygen atoms in total. The predicted octanol–water partition coefficient (Wildman–Crippen LogP) is 1.90. The molecule has 3 N–H and O–H groups in total. The summed E-state index contributed by atoms with van der Waals surface area (Å²) in [5, 5.41) is 5.09. The third kappa shape index (κ3) is 5.83. The Hall–Kier alpha value is -3.61. The van der Waals surface area contributed by atoms with E-state index in [0.717, 1.165) is 36.8 Å². The molecule has 4 atom stereocenters. The number of nitrogens with zero attached hydrogens (tertiary/aromatic N) is 2. The van der Waals surface area contributed by atoms with Gasteiger partial charge in [0, 0.05) is 32.0 Å². The molecule has 226 valence electrons. The highest BCUT2D eigenvalue weighted by Gasteiger charge is 2.62. The Morgan fingerprint density at radius 1 is 1.05 bits per heavy atom. The minimum Gasteiger partial charge on any atom is -0.444 e. The molecule has 1 aromatic rings. The maximum atomic E-state index is 13.7. The van der Waals surface area contributed by atoms with E-state index in [9.17, 15) is 27.6 Å². The van der Waals surface area contributed by atoms with Gasteiger partial charge in [0.2, 0.25) is 15.9 Å². The summed E-state index contributed by atoms with van der Waals surface area (Å²) >= 11 is 0. The maximum absolute atomic E-state index is 13.7. The third-order valence-electron chi connectivity index (χ3n) is 8.85. The number of benzene rings is 1. The lowest BCUT2D eigenvalue weighted by Gasteiger charge is -2.26. The minimum absolute atomic E-state index is 0.0229. The van der Waals surface area contributed by atoms with Gasteiger partial charge in [-0.2, -0.15) is 0 Å². The number of ether oxygens (including phenoxy) is 1. The van der Waals surface area contributed by atoms with Crippen LogP contribution in [0.1, 0.15) is 62.5 Å². The fourth-order valence-corrected chi connectivity index (χ4v) is 7.49. The third-order valence-corrected chi connectivity index (χ3v) is 10.7. The zero-order chi connectivity index (χ0) is 29.5. The van der Waals surface area contributed by atoms with Crippen LogP contribution in [0.15, 0.2) is 36.4 Å². The molecule has 0 bridgehead atoms. The second kappa shape index (κ2) is 11.2. The Kier molecular flexibility index (Phi) is 7.62. The summed E-state index contributed by atoms with van der Waals surface area (Å²) in [5.74, 6) is -1.70. The van der Waals surface area contributed by atoms with Crippen molar-refractivity contribution >= 4 is 34.0 Å². The largest absolute Gasteiger partial charge is 0.444 e. The first-order chi connectivity index (χ1) is 20.2. The van der Waals surface area contributed by atoms with Gasteiger partial charge < -0.3 is 20.3 Å². The lowest BCUT2D eigenvalue weighted by molar-refractivity contribution is -0.131. The van der Waals surface area contributed by atoms with Crippen molar-refractivity contribution in [1.82, 2.24) is 25.2 Å². The number of rotatable bonds is 4. The van der Waals surface area contributed by atoms with E-state index in [4.69, 9.17) is 4.74 Å². The molecule has 1 aromatic carbocycles. The van der Waals surface area contributed by atoms with Gasteiger partial charge in [0.1, 0.15) is 17.7 Å². The summed E-state index contributed by atoms with van der Waals surface area (Å²) in [5.41, 5.74) is 0.675. The Labute approximate surface area is 245 Å². The first-order valence-corrected chi connectivity index (χ1v) is 16.3. The number of hydrogen-bond acceptors (Lipinski definition) is 7. The maximum Gasteiger partial charge on any atom is 0.410 e. The van der Waals surface area contributed by atoms with Gasteiger partial charge in [0.15, 0.2) is 0 Å². The van der Waals surface area contributed by atoms with E-state index in [1.807, 2.05) is 36.4 Å². The topological polar surface area (TPSA) is 154 Å². The van der Waals surface area contributed by atoms with Gasteiger partial charge in [-0.1, -0.05) is 42.8 Å². The van der Waals surface area contributed by atoms with Gasteiger partial charge in [-0.3, -0.25) is 19.2 Å². The van der Waals surface area contributed by atoms with E-state index in [2.05, 4.69) is 15.4 Å². The lowest BCUT2D eigenvalue weighted by atomic mass is 10.1. The van der Waals surface area contributed by atoms with Crippen molar-refractivity contribution in [3.05, 3.63) is 47.5 Å². The molecule has 5 amide bonds. The van der Waals surface area contributed by atoms with Gasteiger partial charge in [-0.05, 0) is 49.7 Å². The van der Waals surface area contributed by atoms with E-state index in [1.165, 1.54) is 4.90 Å². The molecule has 2 aliphatic carbocycles. The van der Waals surface area contributed by atoms with Crippen molar-refractivity contribution in [2.75, 3.05) is 13.1 Å². The first-order valence-electron chi connectivity index (χ1n) is 14.8. The number of allylic oxidation sites excluding steroid dienone is 1. The smallest absolute Gasteiger partial charge is 0.410 e. The highest BCUT2D eigenvalue weighted by Crippen LogP contribution is 2.46. The second-order valence-electron chi connectivity index (χ2n) is 12.0. The number of carbonyl (C=O) groups excluding carboxylic acids is 4. The van der Waals surface area contributed by atoms with E-state index in [-0.39, 0.29) is 25.3 Å². The zero-order valence-electron chi connectivity index (χ0n) is 23.4. The quantitative estimate of drug-likeness (QED) is 0.447. The number of fused-ring (bicyclic) bond motifs is 3. The van der Waals surface area contributed by atoms with Crippen molar-refractivity contribution in [3.8, 4) is 0 Å². The summed E-state index contributed by atoms with van der Waals surface area (Å²) in [4.78, 5) is 56.3. The Balaban J connectivity index is 1.18. The molecule has 0 radical (unpaired) electrons. The van der Waals surface area contributed by atoms with E-state index >= 15 is 0 Å². The van der Waals surface area contributed by atoms with Gasteiger partial charge in [-0.25, -0.2) is 18.0 Å². The Morgan fingerprint density at radius 3 is 2.50 bits per heavy atom. The molecule has 3 heterocycles. The average molecular weight is 600 g/mol. The molecular formula is C29H37N5O7S. The Morgan fingerprint density at radius 2 is 1.79 bits per heavy atom. The number of nitrogens with one attached hydrogen (secondary N) is 3. The van der Waals surface area contributed by atoms with Crippen LogP contribution in [0, 0.1) is 5.92 Å². The SMILES string of the molecule is O=C1NC2(C(=O)NS(=O)(=O)C3CC3)CC2C=CCCCCCNC(=O)N2CC(OC(=O)N3Cc4ccccc4C3)CC12. The predicted molar refractivity (Wildman–Crippen MR) is 151 cm³/mol. The van der Waals surface area contributed by atoms with Crippen LogP contribution in [0.25, 0.3) is 0 Å². The number of amides is 5. The van der Waals surface area contributed by atoms with Crippen molar-refractivity contribution in [1.29, 1.82) is 0 Å². The summed E-state index contributed by atoms with van der Waals surface area (Å²) in [6.45, 7) is 1.31. The molecule has 42 heavy (non-hydrogen) atoms. The second-order valence-corrected chi connectivity index (χ2v) is 14.0.